The van der Waals surface area contributed by atoms with E-state index in [-0.39, 0.29) is 5.91 Å². The molecule has 4 nitrogen and oxygen atoms in total. The standard InChI is InChI=1S/C16H18N2O2/c19-16(15-11-17-12-20-15)18-8-6-14(7-9-18)10-13-4-2-1-3-5-13/h1-5,11-12,14H,6-10H2. The summed E-state index contributed by atoms with van der Waals surface area (Å²) < 4.78 is 5.07. The van der Waals surface area contributed by atoms with Gasteiger partial charge in [-0.25, -0.2) is 4.98 Å². The van der Waals surface area contributed by atoms with Crippen molar-refractivity contribution in [2.45, 2.75) is 19.3 Å². The SMILES string of the molecule is O=C(c1cnco1)N1CCC(Cc2ccccc2)CC1. The van der Waals surface area contributed by atoms with Gasteiger partial charge in [0, 0.05) is 13.1 Å². The first-order valence-corrected chi connectivity index (χ1v) is 7.04. The number of amides is 1. The van der Waals surface area contributed by atoms with E-state index in [1.54, 1.807) is 0 Å². The molecule has 3 rings (SSSR count). The van der Waals surface area contributed by atoms with Crippen LogP contribution in [-0.2, 0) is 6.42 Å². The van der Waals surface area contributed by atoms with E-state index in [9.17, 15) is 4.79 Å². The Kier molecular flexibility index (Phi) is 3.81. The average Bonchev–Trinajstić information content (AvgIpc) is 3.03. The molecule has 4 heteroatoms. The molecule has 0 bridgehead atoms. The molecule has 0 atom stereocenters. The second-order valence-electron chi connectivity index (χ2n) is 5.29. The molecule has 1 amide bonds. The van der Waals surface area contributed by atoms with Crippen molar-refractivity contribution < 1.29 is 9.21 Å². The molecular formula is C16H18N2O2. The Hall–Kier alpha value is -2.10. The number of carbonyl (C=O) groups excluding carboxylic acids is 1. The minimum atomic E-state index is -0.0411. The van der Waals surface area contributed by atoms with Crippen LogP contribution in [0.3, 0.4) is 0 Å². The lowest BCUT2D eigenvalue weighted by atomic mass is 9.90. The number of likely N-dealkylation sites (tertiary alicyclic amines) is 1. The highest BCUT2D eigenvalue weighted by Gasteiger charge is 2.25. The number of oxazole rings is 1. The molecule has 1 saturated heterocycles. The van der Waals surface area contributed by atoms with Crippen LogP contribution in [0.2, 0.25) is 0 Å². The Morgan fingerprint density at radius 1 is 1.25 bits per heavy atom. The lowest BCUT2D eigenvalue weighted by Gasteiger charge is -2.31. The molecule has 0 radical (unpaired) electrons. The molecule has 1 fully saturated rings. The van der Waals surface area contributed by atoms with E-state index in [2.05, 4.69) is 29.2 Å². The van der Waals surface area contributed by atoms with Gasteiger partial charge in [0.15, 0.2) is 6.39 Å². The van der Waals surface area contributed by atoms with Gasteiger partial charge in [0.25, 0.3) is 5.91 Å². The molecule has 0 saturated carbocycles. The fourth-order valence-electron chi connectivity index (χ4n) is 2.76. The maximum absolute atomic E-state index is 12.1. The van der Waals surface area contributed by atoms with E-state index >= 15 is 0 Å². The summed E-state index contributed by atoms with van der Waals surface area (Å²) in [4.78, 5) is 17.8. The van der Waals surface area contributed by atoms with Crippen LogP contribution in [0.15, 0.2) is 47.3 Å². The molecule has 104 valence electrons. The van der Waals surface area contributed by atoms with Crippen molar-refractivity contribution in [3.63, 3.8) is 0 Å². The van der Waals surface area contributed by atoms with Gasteiger partial charge in [-0.15, -0.1) is 0 Å². The third kappa shape index (κ3) is 2.90. The first kappa shape index (κ1) is 12.9. The molecule has 0 spiro atoms. The normalized spacial score (nSPS) is 16.3. The minimum absolute atomic E-state index is 0.0411. The van der Waals surface area contributed by atoms with Gasteiger partial charge in [-0.3, -0.25) is 4.79 Å². The molecule has 0 N–H and O–H groups in total. The lowest BCUT2D eigenvalue weighted by Crippen LogP contribution is -2.38. The van der Waals surface area contributed by atoms with Crippen molar-refractivity contribution >= 4 is 5.91 Å². The lowest BCUT2D eigenvalue weighted by molar-refractivity contribution is 0.0658. The van der Waals surface area contributed by atoms with Gasteiger partial charge in [0.1, 0.15) is 0 Å². The van der Waals surface area contributed by atoms with Gasteiger partial charge in [0.05, 0.1) is 6.20 Å². The monoisotopic (exact) mass is 270 g/mol. The predicted molar refractivity (Wildman–Crippen MR) is 75.3 cm³/mol. The Morgan fingerprint density at radius 3 is 2.65 bits per heavy atom. The van der Waals surface area contributed by atoms with E-state index in [1.807, 2.05) is 11.0 Å². The number of hydrogen-bond acceptors (Lipinski definition) is 3. The van der Waals surface area contributed by atoms with Crippen LogP contribution in [0.4, 0.5) is 0 Å². The molecule has 1 aliphatic rings. The Balaban J connectivity index is 1.53. The number of carbonyl (C=O) groups is 1. The number of nitrogens with zero attached hydrogens (tertiary/aromatic N) is 2. The summed E-state index contributed by atoms with van der Waals surface area (Å²) >= 11 is 0. The number of piperidine rings is 1. The zero-order chi connectivity index (χ0) is 13.8. The number of benzene rings is 1. The van der Waals surface area contributed by atoms with Crippen molar-refractivity contribution in [3.05, 3.63) is 54.2 Å². The molecule has 0 unspecified atom stereocenters. The van der Waals surface area contributed by atoms with E-state index in [0.29, 0.717) is 11.7 Å². The maximum Gasteiger partial charge on any atom is 0.291 e. The van der Waals surface area contributed by atoms with Crippen molar-refractivity contribution in [1.82, 2.24) is 9.88 Å². The summed E-state index contributed by atoms with van der Waals surface area (Å²) in [5.74, 6) is 0.961. The van der Waals surface area contributed by atoms with E-state index in [1.165, 1.54) is 18.2 Å². The molecule has 0 aliphatic carbocycles. The molecular weight excluding hydrogens is 252 g/mol. The van der Waals surface area contributed by atoms with Gasteiger partial charge in [-0.2, -0.15) is 0 Å². The predicted octanol–water partition coefficient (Wildman–Crippen LogP) is 2.77. The summed E-state index contributed by atoms with van der Waals surface area (Å²) in [7, 11) is 0. The van der Waals surface area contributed by atoms with Crippen LogP contribution in [0.5, 0.6) is 0 Å². The third-order valence-corrected chi connectivity index (χ3v) is 3.91. The largest absolute Gasteiger partial charge is 0.438 e. The van der Waals surface area contributed by atoms with Gasteiger partial charge >= 0.3 is 0 Å². The van der Waals surface area contributed by atoms with Crippen molar-refractivity contribution in [1.29, 1.82) is 0 Å². The highest BCUT2D eigenvalue weighted by Crippen LogP contribution is 2.22. The van der Waals surface area contributed by atoms with Gasteiger partial charge in [0.2, 0.25) is 5.76 Å². The van der Waals surface area contributed by atoms with Crippen LogP contribution in [0, 0.1) is 5.92 Å². The number of hydrogen-bond donors (Lipinski definition) is 0. The van der Waals surface area contributed by atoms with Crippen LogP contribution in [-0.4, -0.2) is 28.9 Å². The summed E-state index contributed by atoms with van der Waals surface area (Å²) in [6, 6.07) is 10.6. The minimum Gasteiger partial charge on any atom is -0.438 e. The smallest absolute Gasteiger partial charge is 0.291 e. The molecule has 2 aromatic rings. The average molecular weight is 270 g/mol. The summed E-state index contributed by atoms with van der Waals surface area (Å²) in [5.41, 5.74) is 1.38. The summed E-state index contributed by atoms with van der Waals surface area (Å²) in [6.07, 6.45) is 5.99. The second kappa shape index (κ2) is 5.90. The van der Waals surface area contributed by atoms with Gasteiger partial charge in [-0.05, 0) is 30.7 Å². The maximum atomic E-state index is 12.1. The van der Waals surface area contributed by atoms with Crippen LogP contribution >= 0.6 is 0 Å². The van der Waals surface area contributed by atoms with E-state index in [0.717, 1.165) is 32.4 Å². The first-order valence-electron chi connectivity index (χ1n) is 7.04. The highest BCUT2D eigenvalue weighted by molar-refractivity contribution is 5.91. The second-order valence-corrected chi connectivity index (χ2v) is 5.29. The Labute approximate surface area is 118 Å². The zero-order valence-electron chi connectivity index (χ0n) is 11.4. The molecule has 2 heterocycles. The Morgan fingerprint density at radius 2 is 2.00 bits per heavy atom. The zero-order valence-corrected chi connectivity index (χ0v) is 11.4. The fraction of sp³-hybridized carbons (Fsp3) is 0.375. The highest BCUT2D eigenvalue weighted by atomic mass is 16.3. The van der Waals surface area contributed by atoms with E-state index < -0.39 is 0 Å². The van der Waals surface area contributed by atoms with Crippen molar-refractivity contribution in [2.24, 2.45) is 5.92 Å². The fourth-order valence-corrected chi connectivity index (χ4v) is 2.76. The molecule has 1 aromatic heterocycles. The number of rotatable bonds is 3. The van der Waals surface area contributed by atoms with Crippen molar-refractivity contribution in [3.8, 4) is 0 Å². The molecule has 1 aliphatic heterocycles. The van der Waals surface area contributed by atoms with Crippen molar-refractivity contribution in [2.75, 3.05) is 13.1 Å². The van der Waals surface area contributed by atoms with E-state index in [4.69, 9.17) is 4.42 Å². The van der Waals surface area contributed by atoms with Crippen LogP contribution in [0.25, 0.3) is 0 Å². The third-order valence-electron chi connectivity index (χ3n) is 3.91. The first-order chi connectivity index (χ1) is 9.83. The summed E-state index contributed by atoms with van der Waals surface area (Å²) in [6.45, 7) is 1.61. The molecule has 20 heavy (non-hydrogen) atoms. The van der Waals surface area contributed by atoms with Crippen LogP contribution in [0.1, 0.15) is 29.0 Å². The van der Waals surface area contributed by atoms with Gasteiger partial charge in [-0.1, -0.05) is 30.3 Å². The van der Waals surface area contributed by atoms with Gasteiger partial charge < -0.3 is 9.32 Å². The quantitative estimate of drug-likeness (QED) is 0.861. The van der Waals surface area contributed by atoms with Crippen LogP contribution < -0.4 is 0 Å². The summed E-state index contributed by atoms with van der Waals surface area (Å²) in [5, 5.41) is 0. The number of aromatic nitrogens is 1. The topological polar surface area (TPSA) is 46.3 Å². The Bertz CT molecular complexity index is 543. The molecule has 1 aromatic carbocycles.